The minimum atomic E-state index is -1.06. The number of carboxylic acid groups (broad SMARTS) is 1. The Kier molecular flexibility index (Phi) is 6.42. The topological polar surface area (TPSA) is 82.1 Å². The maximum atomic E-state index is 12.3. The van der Waals surface area contributed by atoms with E-state index >= 15 is 0 Å². The lowest BCUT2D eigenvalue weighted by atomic mass is 9.85. The van der Waals surface area contributed by atoms with Gasteiger partial charge in [-0.2, -0.15) is 0 Å². The first kappa shape index (κ1) is 17.7. The molecular formula is C14H27N3O4. The molecule has 0 spiro atoms. The molecule has 0 aromatic heterocycles. The number of nitrogens with one attached hydrogen (secondary N) is 1. The van der Waals surface area contributed by atoms with Crippen molar-refractivity contribution in [3.8, 4) is 0 Å². The van der Waals surface area contributed by atoms with Gasteiger partial charge in [-0.3, -0.25) is 4.79 Å². The lowest BCUT2D eigenvalue weighted by Crippen LogP contribution is -2.53. The van der Waals surface area contributed by atoms with Crippen molar-refractivity contribution in [1.29, 1.82) is 0 Å². The molecule has 2 unspecified atom stereocenters. The Bertz CT molecular complexity index is 375. The molecule has 0 aromatic rings. The minimum Gasteiger partial charge on any atom is -0.481 e. The summed E-state index contributed by atoms with van der Waals surface area (Å²) in [6.07, 6.45) is 0.881. The van der Waals surface area contributed by atoms with Gasteiger partial charge in [0, 0.05) is 13.1 Å². The monoisotopic (exact) mass is 301 g/mol. The molecule has 0 bridgehead atoms. The summed E-state index contributed by atoms with van der Waals surface area (Å²) in [7, 11) is 3.98. The van der Waals surface area contributed by atoms with Gasteiger partial charge in [-0.25, -0.2) is 4.79 Å². The molecule has 21 heavy (non-hydrogen) atoms. The van der Waals surface area contributed by atoms with Gasteiger partial charge in [-0.15, -0.1) is 0 Å². The summed E-state index contributed by atoms with van der Waals surface area (Å²) in [4.78, 5) is 27.4. The molecule has 122 valence electrons. The second kappa shape index (κ2) is 7.61. The molecule has 0 aromatic carbocycles. The standard InChI is InChI=1S/C14H27N3O4/c1-5-17(8-6-7-16(3)4)13(20)15-11-9-21-10-14(11,2)12(18)19/h11H,5-10H2,1-4H3,(H,15,20)(H,18,19). The summed E-state index contributed by atoms with van der Waals surface area (Å²) in [6.45, 7) is 6.04. The van der Waals surface area contributed by atoms with Crippen LogP contribution in [0.15, 0.2) is 0 Å². The van der Waals surface area contributed by atoms with E-state index in [2.05, 4.69) is 10.2 Å². The Balaban J connectivity index is 2.55. The molecule has 7 nitrogen and oxygen atoms in total. The molecule has 0 radical (unpaired) electrons. The molecule has 1 heterocycles. The molecule has 0 aliphatic carbocycles. The van der Waals surface area contributed by atoms with Crippen LogP contribution in [0, 0.1) is 5.41 Å². The first-order valence-corrected chi connectivity index (χ1v) is 7.32. The maximum absolute atomic E-state index is 12.3. The Morgan fingerprint density at radius 2 is 2.05 bits per heavy atom. The van der Waals surface area contributed by atoms with E-state index in [9.17, 15) is 14.7 Å². The zero-order valence-corrected chi connectivity index (χ0v) is 13.4. The van der Waals surface area contributed by atoms with Gasteiger partial charge in [0.25, 0.3) is 0 Å². The average molecular weight is 301 g/mol. The van der Waals surface area contributed by atoms with Gasteiger partial charge in [-0.1, -0.05) is 0 Å². The van der Waals surface area contributed by atoms with Crippen LogP contribution in [0.4, 0.5) is 4.79 Å². The fourth-order valence-corrected chi connectivity index (χ4v) is 2.31. The zero-order valence-electron chi connectivity index (χ0n) is 13.4. The van der Waals surface area contributed by atoms with Crippen molar-refractivity contribution in [2.24, 2.45) is 5.41 Å². The van der Waals surface area contributed by atoms with Crippen molar-refractivity contribution in [3.05, 3.63) is 0 Å². The van der Waals surface area contributed by atoms with E-state index in [1.807, 2.05) is 21.0 Å². The number of urea groups is 1. The van der Waals surface area contributed by atoms with Crippen LogP contribution < -0.4 is 5.32 Å². The molecule has 2 amide bonds. The first-order valence-electron chi connectivity index (χ1n) is 7.32. The number of nitrogens with zero attached hydrogens (tertiary/aromatic N) is 2. The average Bonchev–Trinajstić information content (AvgIpc) is 2.77. The van der Waals surface area contributed by atoms with Crippen molar-refractivity contribution in [2.45, 2.75) is 26.3 Å². The third-order valence-corrected chi connectivity index (χ3v) is 3.94. The van der Waals surface area contributed by atoms with Crippen LogP contribution in [-0.2, 0) is 9.53 Å². The van der Waals surface area contributed by atoms with Crippen molar-refractivity contribution >= 4 is 12.0 Å². The van der Waals surface area contributed by atoms with Crippen LogP contribution >= 0.6 is 0 Å². The second-order valence-corrected chi connectivity index (χ2v) is 5.98. The van der Waals surface area contributed by atoms with Crippen LogP contribution in [0.1, 0.15) is 20.3 Å². The van der Waals surface area contributed by atoms with Crippen LogP contribution in [0.25, 0.3) is 0 Å². The van der Waals surface area contributed by atoms with Gasteiger partial charge < -0.3 is 25.0 Å². The fourth-order valence-electron chi connectivity index (χ4n) is 2.31. The highest BCUT2D eigenvalue weighted by molar-refractivity contribution is 5.79. The van der Waals surface area contributed by atoms with E-state index in [0.29, 0.717) is 13.1 Å². The van der Waals surface area contributed by atoms with Gasteiger partial charge >= 0.3 is 12.0 Å². The summed E-state index contributed by atoms with van der Waals surface area (Å²) < 4.78 is 5.24. The Labute approximate surface area is 126 Å². The maximum Gasteiger partial charge on any atom is 0.317 e. The molecule has 7 heteroatoms. The third-order valence-electron chi connectivity index (χ3n) is 3.94. The van der Waals surface area contributed by atoms with Gasteiger partial charge in [0.15, 0.2) is 0 Å². The summed E-state index contributed by atoms with van der Waals surface area (Å²) in [5.74, 6) is -0.944. The Hall–Kier alpha value is -1.34. The smallest absolute Gasteiger partial charge is 0.317 e. The van der Waals surface area contributed by atoms with E-state index < -0.39 is 17.4 Å². The van der Waals surface area contributed by atoms with Crippen molar-refractivity contribution in [2.75, 3.05) is 46.9 Å². The number of aliphatic carboxylic acids is 1. The van der Waals surface area contributed by atoms with Gasteiger partial charge in [0.1, 0.15) is 5.41 Å². The van der Waals surface area contributed by atoms with Gasteiger partial charge in [0.05, 0.1) is 19.3 Å². The van der Waals surface area contributed by atoms with E-state index in [-0.39, 0.29) is 19.2 Å². The normalized spacial score (nSPS) is 25.1. The first-order chi connectivity index (χ1) is 9.81. The lowest BCUT2D eigenvalue weighted by molar-refractivity contribution is -0.148. The number of ether oxygens (including phenoxy) is 1. The number of carbonyl (C=O) groups excluding carboxylic acids is 1. The quantitative estimate of drug-likeness (QED) is 0.714. The number of hydrogen-bond donors (Lipinski definition) is 2. The molecule has 2 N–H and O–H groups in total. The summed E-state index contributed by atoms with van der Waals surface area (Å²) in [5, 5.41) is 12.1. The molecule has 1 fully saturated rings. The lowest BCUT2D eigenvalue weighted by Gasteiger charge is -2.29. The third kappa shape index (κ3) is 4.57. The summed E-state index contributed by atoms with van der Waals surface area (Å²) in [6, 6.07) is -0.718. The Morgan fingerprint density at radius 1 is 1.38 bits per heavy atom. The Morgan fingerprint density at radius 3 is 2.57 bits per heavy atom. The van der Waals surface area contributed by atoms with Crippen molar-refractivity contribution in [1.82, 2.24) is 15.1 Å². The number of carbonyl (C=O) groups is 2. The van der Waals surface area contributed by atoms with Crippen LogP contribution in [0.3, 0.4) is 0 Å². The van der Waals surface area contributed by atoms with Crippen LogP contribution in [0.2, 0.25) is 0 Å². The van der Waals surface area contributed by atoms with Crippen LogP contribution in [0.5, 0.6) is 0 Å². The molecule has 2 atom stereocenters. The predicted molar refractivity (Wildman–Crippen MR) is 79.3 cm³/mol. The van der Waals surface area contributed by atoms with Gasteiger partial charge in [0.2, 0.25) is 0 Å². The van der Waals surface area contributed by atoms with Crippen LogP contribution in [-0.4, -0.2) is 79.9 Å². The summed E-state index contributed by atoms with van der Waals surface area (Å²) >= 11 is 0. The van der Waals surface area contributed by atoms with E-state index in [4.69, 9.17) is 4.74 Å². The minimum absolute atomic E-state index is 0.125. The molecular weight excluding hydrogens is 274 g/mol. The zero-order chi connectivity index (χ0) is 16.0. The van der Waals surface area contributed by atoms with Crippen molar-refractivity contribution < 1.29 is 19.4 Å². The number of carboxylic acids is 1. The number of rotatable bonds is 7. The highest BCUT2D eigenvalue weighted by Crippen LogP contribution is 2.28. The molecule has 1 aliphatic heterocycles. The fraction of sp³-hybridized carbons (Fsp3) is 0.857. The molecule has 1 aliphatic rings. The largest absolute Gasteiger partial charge is 0.481 e. The predicted octanol–water partition coefficient (Wildman–Crippen LogP) is 0.459. The highest BCUT2D eigenvalue weighted by atomic mass is 16.5. The number of amides is 2. The van der Waals surface area contributed by atoms with E-state index in [0.717, 1.165) is 13.0 Å². The van der Waals surface area contributed by atoms with Crippen molar-refractivity contribution in [3.63, 3.8) is 0 Å². The number of hydrogen-bond acceptors (Lipinski definition) is 4. The summed E-state index contributed by atoms with van der Waals surface area (Å²) in [5.41, 5.74) is -1.06. The van der Waals surface area contributed by atoms with E-state index in [1.165, 1.54) is 0 Å². The second-order valence-electron chi connectivity index (χ2n) is 5.98. The highest BCUT2D eigenvalue weighted by Gasteiger charge is 2.47. The van der Waals surface area contributed by atoms with E-state index in [1.54, 1.807) is 11.8 Å². The molecule has 1 saturated heterocycles. The molecule has 1 rings (SSSR count). The molecule has 0 saturated carbocycles. The van der Waals surface area contributed by atoms with Gasteiger partial charge in [-0.05, 0) is 40.9 Å². The SMILES string of the molecule is CCN(CCCN(C)C)C(=O)NC1COCC1(C)C(=O)O.